The van der Waals surface area contributed by atoms with E-state index in [4.69, 9.17) is 9.84 Å². The minimum Gasteiger partial charge on any atom is -0.494 e. The second-order valence-electron chi connectivity index (χ2n) is 3.84. The maximum absolute atomic E-state index is 13.6. The topological polar surface area (TPSA) is 51.5 Å². The Morgan fingerprint density at radius 2 is 2.12 bits per heavy atom. The van der Waals surface area contributed by atoms with Crippen molar-refractivity contribution in [2.45, 2.75) is 6.92 Å². The number of aromatic nitrogens is 1. The molecule has 0 saturated heterocycles. The summed E-state index contributed by atoms with van der Waals surface area (Å²) in [5, 5.41) is 9.78. The fourth-order valence-corrected chi connectivity index (χ4v) is 2.08. The van der Waals surface area contributed by atoms with Gasteiger partial charge in [0.2, 0.25) is 0 Å². The number of fused-ring (bicyclic) bond motifs is 1. The Hall–Kier alpha value is -2.04. The minimum atomic E-state index is -1.03. The first-order valence-corrected chi connectivity index (χ1v) is 5.03. The van der Waals surface area contributed by atoms with Crippen LogP contribution < -0.4 is 4.74 Å². The fourth-order valence-electron chi connectivity index (χ4n) is 2.08. The highest BCUT2D eigenvalue weighted by molar-refractivity contribution is 5.98. The Morgan fingerprint density at radius 3 is 2.65 bits per heavy atom. The number of carboxylic acid groups (broad SMARTS) is 1. The summed E-state index contributed by atoms with van der Waals surface area (Å²) < 4.78 is 19.9. The molecule has 5 heteroatoms. The third-order valence-corrected chi connectivity index (χ3v) is 2.93. The third-order valence-electron chi connectivity index (χ3n) is 2.93. The van der Waals surface area contributed by atoms with E-state index in [1.54, 1.807) is 14.0 Å². The second-order valence-corrected chi connectivity index (χ2v) is 3.84. The smallest absolute Gasteiger partial charge is 0.352 e. The van der Waals surface area contributed by atoms with E-state index in [-0.39, 0.29) is 11.4 Å². The minimum absolute atomic E-state index is 0.114. The van der Waals surface area contributed by atoms with Gasteiger partial charge < -0.3 is 14.4 Å². The molecule has 0 radical (unpaired) electrons. The van der Waals surface area contributed by atoms with Crippen LogP contribution in [0.1, 0.15) is 16.1 Å². The van der Waals surface area contributed by atoms with Crippen LogP contribution in [-0.2, 0) is 7.05 Å². The molecule has 0 bridgehead atoms. The van der Waals surface area contributed by atoms with Gasteiger partial charge in [0.25, 0.3) is 0 Å². The summed E-state index contributed by atoms with van der Waals surface area (Å²) >= 11 is 0. The summed E-state index contributed by atoms with van der Waals surface area (Å²) in [7, 11) is 2.98. The van der Waals surface area contributed by atoms with Crippen molar-refractivity contribution in [2.24, 2.45) is 7.05 Å². The van der Waals surface area contributed by atoms with Gasteiger partial charge in [-0.1, -0.05) is 0 Å². The van der Waals surface area contributed by atoms with E-state index in [1.165, 1.54) is 23.8 Å². The van der Waals surface area contributed by atoms with Gasteiger partial charge in [0.1, 0.15) is 5.69 Å². The van der Waals surface area contributed by atoms with E-state index < -0.39 is 11.8 Å². The van der Waals surface area contributed by atoms with Crippen molar-refractivity contribution in [2.75, 3.05) is 7.11 Å². The Kier molecular flexibility index (Phi) is 2.53. The van der Waals surface area contributed by atoms with E-state index in [9.17, 15) is 9.18 Å². The molecule has 1 heterocycles. The zero-order chi connectivity index (χ0) is 12.7. The van der Waals surface area contributed by atoms with Gasteiger partial charge >= 0.3 is 5.97 Å². The first-order valence-electron chi connectivity index (χ1n) is 5.03. The van der Waals surface area contributed by atoms with Crippen molar-refractivity contribution in [3.63, 3.8) is 0 Å². The van der Waals surface area contributed by atoms with Crippen LogP contribution in [0, 0.1) is 12.7 Å². The number of carbonyl (C=O) groups is 1. The molecule has 2 rings (SSSR count). The van der Waals surface area contributed by atoms with Crippen molar-refractivity contribution in [3.8, 4) is 5.75 Å². The number of ether oxygens (including phenoxy) is 1. The average molecular weight is 237 g/mol. The van der Waals surface area contributed by atoms with E-state index in [0.29, 0.717) is 16.5 Å². The van der Waals surface area contributed by atoms with Crippen LogP contribution in [0.2, 0.25) is 0 Å². The van der Waals surface area contributed by atoms with Gasteiger partial charge in [-0.3, -0.25) is 0 Å². The van der Waals surface area contributed by atoms with Crippen LogP contribution in [0.4, 0.5) is 4.39 Å². The number of hydrogen-bond donors (Lipinski definition) is 1. The Bertz CT molecular complexity index is 616. The molecular weight excluding hydrogens is 225 g/mol. The molecule has 0 aliphatic carbocycles. The fraction of sp³-hybridized carbons (Fsp3) is 0.250. The van der Waals surface area contributed by atoms with Crippen LogP contribution in [0.5, 0.6) is 5.75 Å². The lowest BCUT2D eigenvalue weighted by Crippen LogP contribution is -2.05. The van der Waals surface area contributed by atoms with Crippen LogP contribution >= 0.6 is 0 Å². The van der Waals surface area contributed by atoms with Gasteiger partial charge in [-0.2, -0.15) is 0 Å². The van der Waals surface area contributed by atoms with Gasteiger partial charge in [0.15, 0.2) is 11.6 Å². The zero-order valence-corrected chi connectivity index (χ0v) is 9.74. The quantitative estimate of drug-likeness (QED) is 0.872. The monoisotopic (exact) mass is 237 g/mol. The molecule has 0 saturated carbocycles. The molecule has 0 aliphatic heterocycles. The maximum Gasteiger partial charge on any atom is 0.352 e. The molecule has 0 spiro atoms. The first kappa shape index (κ1) is 11.4. The van der Waals surface area contributed by atoms with Gasteiger partial charge in [-0.25, -0.2) is 9.18 Å². The molecule has 1 N–H and O–H groups in total. The van der Waals surface area contributed by atoms with Crippen LogP contribution in [0.3, 0.4) is 0 Å². The van der Waals surface area contributed by atoms with Crippen LogP contribution in [-0.4, -0.2) is 22.8 Å². The van der Waals surface area contributed by atoms with Crippen LogP contribution in [0.15, 0.2) is 12.1 Å². The summed E-state index contributed by atoms with van der Waals surface area (Å²) in [6.45, 7) is 1.70. The number of benzene rings is 1. The molecule has 0 amide bonds. The SMILES string of the molecule is COc1cc2c(C)c(C(=O)O)n(C)c2cc1F. The number of hydrogen-bond acceptors (Lipinski definition) is 2. The lowest BCUT2D eigenvalue weighted by Gasteiger charge is -2.03. The summed E-state index contributed by atoms with van der Waals surface area (Å²) in [6, 6.07) is 2.81. The third kappa shape index (κ3) is 1.54. The number of aromatic carboxylic acids is 1. The molecule has 2 aromatic rings. The number of methoxy groups -OCH3 is 1. The largest absolute Gasteiger partial charge is 0.494 e. The number of halogens is 1. The van der Waals surface area contributed by atoms with Crippen molar-refractivity contribution in [1.82, 2.24) is 4.57 Å². The molecule has 1 aromatic heterocycles. The van der Waals surface area contributed by atoms with Crippen molar-refractivity contribution >= 4 is 16.9 Å². The lowest BCUT2D eigenvalue weighted by atomic mass is 10.1. The molecule has 0 atom stereocenters. The normalized spacial score (nSPS) is 10.8. The van der Waals surface area contributed by atoms with Crippen molar-refractivity contribution in [1.29, 1.82) is 0 Å². The second kappa shape index (κ2) is 3.76. The Balaban J connectivity index is 2.88. The van der Waals surface area contributed by atoms with Gasteiger partial charge in [-0.05, 0) is 18.6 Å². The van der Waals surface area contributed by atoms with E-state index in [0.717, 1.165) is 0 Å². The molecular formula is C12H12FNO3. The molecule has 0 aliphatic rings. The molecule has 17 heavy (non-hydrogen) atoms. The van der Waals surface area contributed by atoms with Crippen molar-refractivity contribution in [3.05, 3.63) is 29.2 Å². The highest BCUT2D eigenvalue weighted by atomic mass is 19.1. The van der Waals surface area contributed by atoms with Crippen molar-refractivity contribution < 1.29 is 19.0 Å². The first-order chi connectivity index (χ1) is 7.97. The van der Waals surface area contributed by atoms with Crippen LogP contribution in [0.25, 0.3) is 10.9 Å². The predicted octanol–water partition coefficient (Wildman–Crippen LogP) is 2.33. The van der Waals surface area contributed by atoms with E-state index >= 15 is 0 Å². The standard InChI is InChI=1S/C12H12FNO3/c1-6-7-4-10(17-3)8(13)5-9(7)14(2)11(6)12(15)16/h4-5H,1-3H3,(H,15,16). The van der Waals surface area contributed by atoms with Gasteiger partial charge in [-0.15, -0.1) is 0 Å². The Labute approximate surface area is 97.2 Å². The molecule has 0 unspecified atom stereocenters. The maximum atomic E-state index is 13.6. The summed E-state index contributed by atoms with van der Waals surface area (Å²) in [6.07, 6.45) is 0. The summed E-state index contributed by atoms with van der Waals surface area (Å²) in [5.41, 5.74) is 1.30. The number of nitrogens with zero attached hydrogens (tertiary/aromatic N) is 1. The molecule has 0 fully saturated rings. The number of aryl methyl sites for hydroxylation is 2. The summed E-state index contributed by atoms with van der Waals surface area (Å²) in [5.74, 6) is -1.42. The predicted molar refractivity (Wildman–Crippen MR) is 61.1 cm³/mol. The molecule has 4 nitrogen and oxygen atoms in total. The number of rotatable bonds is 2. The summed E-state index contributed by atoms with van der Waals surface area (Å²) in [4.78, 5) is 11.1. The number of carboxylic acids is 1. The van der Waals surface area contributed by atoms with E-state index in [1.807, 2.05) is 0 Å². The molecule has 1 aromatic carbocycles. The highest BCUT2D eigenvalue weighted by Crippen LogP contribution is 2.30. The lowest BCUT2D eigenvalue weighted by molar-refractivity contribution is 0.0686. The van der Waals surface area contributed by atoms with Gasteiger partial charge in [0.05, 0.1) is 12.6 Å². The van der Waals surface area contributed by atoms with E-state index in [2.05, 4.69) is 0 Å². The van der Waals surface area contributed by atoms with Gasteiger partial charge in [0, 0.05) is 18.5 Å². The zero-order valence-electron chi connectivity index (χ0n) is 9.74. The average Bonchev–Trinajstić information content (AvgIpc) is 2.50. The highest BCUT2D eigenvalue weighted by Gasteiger charge is 2.19. The molecule has 90 valence electrons. The Morgan fingerprint density at radius 1 is 1.47 bits per heavy atom.